The first-order chi connectivity index (χ1) is 10.0. The number of ether oxygens (including phenoxy) is 1. The van der Waals surface area contributed by atoms with Crippen molar-refractivity contribution in [3.8, 4) is 5.75 Å². The van der Waals surface area contributed by atoms with Gasteiger partial charge in [-0.05, 0) is 43.2 Å². The first-order valence-electron chi connectivity index (χ1n) is 6.66. The number of rotatable bonds is 5. The lowest BCUT2D eigenvalue weighted by molar-refractivity contribution is 0.414. The maximum atomic E-state index is 5.81. The first-order valence-corrected chi connectivity index (χ1v) is 7.07. The Morgan fingerprint density at radius 2 is 2.10 bits per heavy atom. The summed E-state index contributed by atoms with van der Waals surface area (Å²) in [6.07, 6.45) is 0. The van der Waals surface area contributed by atoms with Crippen molar-refractivity contribution in [3.63, 3.8) is 0 Å². The van der Waals surface area contributed by atoms with Crippen LogP contribution in [0.15, 0.2) is 30.3 Å². The minimum atomic E-state index is 0.355. The maximum absolute atomic E-state index is 5.81. The lowest BCUT2D eigenvalue weighted by atomic mass is 10.1. The third kappa shape index (κ3) is 3.70. The van der Waals surface area contributed by atoms with E-state index in [0.717, 1.165) is 34.0 Å². The van der Waals surface area contributed by atoms with E-state index in [1.165, 1.54) is 0 Å². The minimum absolute atomic E-state index is 0.355. The van der Waals surface area contributed by atoms with Crippen molar-refractivity contribution < 1.29 is 4.74 Å². The summed E-state index contributed by atoms with van der Waals surface area (Å²) in [5.74, 6) is 1.56. The zero-order chi connectivity index (χ0) is 15.4. The molecule has 2 rings (SSSR count). The average molecular weight is 301 g/mol. The van der Waals surface area contributed by atoms with Crippen LogP contribution >= 0.6 is 12.2 Å². The van der Waals surface area contributed by atoms with Gasteiger partial charge in [0.25, 0.3) is 0 Å². The third-order valence-electron chi connectivity index (χ3n) is 3.19. The smallest absolute Gasteiger partial charge is 0.137 e. The topological polar surface area (TPSA) is 60.2 Å². The number of hydrogen-bond acceptors (Lipinski definition) is 4. The fourth-order valence-electron chi connectivity index (χ4n) is 2.24. The zero-order valence-corrected chi connectivity index (χ0v) is 13.3. The van der Waals surface area contributed by atoms with Crippen LogP contribution in [0.25, 0.3) is 0 Å². The maximum Gasteiger partial charge on any atom is 0.137 e. The van der Waals surface area contributed by atoms with Gasteiger partial charge in [0.05, 0.1) is 12.7 Å². The molecule has 5 heteroatoms. The molecule has 3 N–H and O–H groups in total. The fraction of sp³-hybridized carbons (Fsp3) is 0.250. The second-order valence-electron chi connectivity index (χ2n) is 4.87. The lowest BCUT2D eigenvalue weighted by Crippen LogP contribution is -2.16. The van der Waals surface area contributed by atoms with Gasteiger partial charge in [-0.1, -0.05) is 24.4 Å². The van der Waals surface area contributed by atoms with E-state index in [9.17, 15) is 0 Å². The van der Waals surface area contributed by atoms with Gasteiger partial charge < -0.3 is 15.8 Å². The number of thiocarbonyl (C=S) groups is 1. The Bertz CT molecular complexity index is 671. The normalized spacial score (nSPS) is 10.2. The molecule has 0 aliphatic heterocycles. The van der Waals surface area contributed by atoms with E-state index in [2.05, 4.69) is 10.3 Å². The van der Waals surface area contributed by atoms with Crippen molar-refractivity contribution in [3.05, 3.63) is 52.7 Å². The Kier molecular flexibility index (Phi) is 4.75. The zero-order valence-electron chi connectivity index (χ0n) is 12.4. The van der Waals surface area contributed by atoms with E-state index in [0.29, 0.717) is 11.5 Å². The molecule has 0 unspecified atom stereocenters. The third-order valence-corrected chi connectivity index (χ3v) is 3.39. The van der Waals surface area contributed by atoms with E-state index in [-0.39, 0.29) is 0 Å². The molecule has 0 atom stereocenters. The van der Waals surface area contributed by atoms with Crippen molar-refractivity contribution in [2.24, 2.45) is 5.73 Å². The van der Waals surface area contributed by atoms with Crippen LogP contribution < -0.4 is 15.8 Å². The Morgan fingerprint density at radius 3 is 2.76 bits per heavy atom. The Balaban J connectivity index is 2.25. The van der Waals surface area contributed by atoms with Crippen molar-refractivity contribution in [1.82, 2.24) is 4.98 Å². The number of benzene rings is 1. The molecule has 0 fully saturated rings. The number of nitrogens with two attached hydrogens (primary N) is 1. The van der Waals surface area contributed by atoms with Crippen molar-refractivity contribution in [1.29, 1.82) is 0 Å². The van der Waals surface area contributed by atoms with Crippen LogP contribution in [0.2, 0.25) is 0 Å². The van der Waals surface area contributed by atoms with Gasteiger partial charge in [-0.3, -0.25) is 0 Å². The van der Waals surface area contributed by atoms with Crippen LogP contribution in [0.3, 0.4) is 0 Å². The minimum Gasteiger partial charge on any atom is -0.497 e. The highest BCUT2D eigenvalue weighted by Gasteiger charge is 2.11. The lowest BCUT2D eigenvalue weighted by Gasteiger charge is -2.14. The second kappa shape index (κ2) is 6.54. The van der Waals surface area contributed by atoms with E-state index in [1.54, 1.807) is 7.11 Å². The van der Waals surface area contributed by atoms with Crippen LogP contribution in [0.4, 0.5) is 5.82 Å². The number of nitrogens with zero attached hydrogens (tertiary/aromatic N) is 1. The molecule has 1 heterocycles. The monoisotopic (exact) mass is 301 g/mol. The quantitative estimate of drug-likeness (QED) is 0.832. The van der Waals surface area contributed by atoms with Crippen molar-refractivity contribution in [2.75, 3.05) is 12.4 Å². The summed E-state index contributed by atoms with van der Waals surface area (Å²) in [4.78, 5) is 4.86. The first kappa shape index (κ1) is 15.3. The van der Waals surface area contributed by atoms with Gasteiger partial charge in [0.2, 0.25) is 0 Å². The molecule has 0 saturated carbocycles. The van der Waals surface area contributed by atoms with Crippen molar-refractivity contribution in [2.45, 2.75) is 20.4 Å². The molecule has 110 valence electrons. The molecular formula is C16H19N3OS. The number of aromatic nitrogens is 1. The van der Waals surface area contributed by atoms with Gasteiger partial charge in [0, 0.05) is 12.2 Å². The fourth-order valence-corrected chi connectivity index (χ4v) is 2.50. The van der Waals surface area contributed by atoms with Gasteiger partial charge in [-0.15, -0.1) is 0 Å². The molecule has 1 aromatic heterocycles. The van der Waals surface area contributed by atoms with Gasteiger partial charge in [0.1, 0.15) is 16.6 Å². The SMILES string of the molecule is COc1cccc(CNc2nc(C)cc(C)c2C(N)=S)c1. The van der Waals surface area contributed by atoms with Crippen LogP contribution in [0.1, 0.15) is 22.4 Å². The molecule has 21 heavy (non-hydrogen) atoms. The summed E-state index contributed by atoms with van der Waals surface area (Å²) in [5, 5.41) is 3.31. The molecule has 4 nitrogen and oxygen atoms in total. The molecule has 0 aliphatic carbocycles. The largest absolute Gasteiger partial charge is 0.497 e. The number of anilines is 1. The number of nitrogens with one attached hydrogen (secondary N) is 1. The Hall–Kier alpha value is -2.14. The summed E-state index contributed by atoms with van der Waals surface area (Å²) in [7, 11) is 1.66. The standard InChI is InChI=1S/C16H19N3OS/c1-10-7-11(2)19-16(14(10)15(17)21)18-9-12-5-4-6-13(8-12)20-3/h4-8H,9H2,1-3H3,(H2,17,21)(H,18,19). The summed E-state index contributed by atoms with van der Waals surface area (Å²) < 4.78 is 5.22. The van der Waals surface area contributed by atoms with Crippen molar-refractivity contribution >= 4 is 23.0 Å². The summed E-state index contributed by atoms with van der Waals surface area (Å²) in [6, 6.07) is 9.86. The van der Waals surface area contributed by atoms with Crippen LogP contribution in [0, 0.1) is 13.8 Å². The predicted octanol–water partition coefficient (Wildman–Crippen LogP) is 2.95. The highest BCUT2D eigenvalue weighted by molar-refractivity contribution is 7.80. The molecule has 2 aromatic rings. The van der Waals surface area contributed by atoms with E-state index < -0.39 is 0 Å². The number of hydrogen-bond donors (Lipinski definition) is 2. The molecule has 0 spiro atoms. The highest BCUT2D eigenvalue weighted by Crippen LogP contribution is 2.20. The second-order valence-corrected chi connectivity index (χ2v) is 5.31. The molecule has 0 saturated heterocycles. The van der Waals surface area contributed by atoms with E-state index in [1.807, 2.05) is 44.2 Å². The number of aryl methyl sites for hydroxylation is 2. The Labute approximate surface area is 130 Å². The van der Waals surface area contributed by atoms with Gasteiger partial charge >= 0.3 is 0 Å². The van der Waals surface area contributed by atoms with E-state index in [4.69, 9.17) is 22.7 Å². The molecule has 1 aromatic carbocycles. The number of methoxy groups -OCH3 is 1. The van der Waals surface area contributed by atoms with Crippen LogP contribution in [0.5, 0.6) is 5.75 Å². The molecule has 0 amide bonds. The molecular weight excluding hydrogens is 282 g/mol. The molecule has 0 aliphatic rings. The number of pyridine rings is 1. The van der Waals surface area contributed by atoms with Crippen LogP contribution in [-0.4, -0.2) is 17.1 Å². The summed E-state index contributed by atoms with van der Waals surface area (Å²) in [5.41, 5.74) is 9.68. The van der Waals surface area contributed by atoms with Crippen LogP contribution in [-0.2, 0) is 6.54 Å². The van der Waals surface area contributed by atoms with Gasteiger partial charge in [-0.25, -0.2) is 4.98 Å². The average Bonchev–Trinajstić information content (AvgIpc) is 2.44. The summed E-state index contributed by atoms with van der Waals surface area (Å²) >= 11 is 5.13. The van der Waals surface area contributed by atoms with Gasteiger partial charge in [0.15, 0.2) is 0 Å². The molecule has 0 radical (unpaired) electrons. The summed E-state index contributed by atoms with van der Waals surface area (Å²) in [6.45, 7) is 4.57. The van der Waals surface area contributed by atoms with Gasteiger partial charge in [-0.2, -0.15) is 0 Å². The molecule has 0 bridgehead atoms. The van der Waals surface area contributed by atoms with E-state index >= 15 is 0 Å². The highest BCUT2D eigenvalue weighted by atomic mass is 32.1. The Morgan fingerprint density at radius 1 is 1.33 bits per heavy atom. The predicted molar refractivity (Wildman–Crippen MR) is 89.9 cm³/mol.